The molecule has 0 bridgehead atoms. The van der Waals surface area contributed by atoms with Crippen molar-refractivity contribution in [3.05, 3.63) is 70.5 Å². The van der Waals surface area contributed by atoms with Crippen LogP contribution >= 0.6 is 0 Å². The topological polar surface area (TPSA) is 73.6 Å². The Balaban J connectivity index is 1.68. The highest BCUT2D eigenvalue weighted by atomic mass is 16.5. The van der Waals surface area contributed by atoms with E-state index in [9.17, 15) is 14.4 Å². The number of Topliss-reactive ketones (excluding diaryl/α,β-unsaturated/α-hetero) is 2. The van der Waals surface area contributed by atoms with Gasteiger partial charge in [0.2, 0.25) is 0 Å². The van der Waals surface area contributed by atoms with Gasteiger partial charge in [0.05, 0.1) is 12.7 Å². The minimum Gasteiger partial charge on any atom is -0.465 e. The number of fused-ring (bicyclic) bond motifs is 1. The highest BCUT2D eigenvalue weighted by molar-refractivity contribution is 6.03. The molecule has 0 saturated heterocycles. The number of aryl methyl sites for hydroxylation is 2. The molecule has 0 aliphatic carbocycles. The van der Waals surface area contributed by atoms with Gasteiger partial charge in [-0.3, -0.25) is 9.59 Å². The number of benzene rings is 2. The average molecular weight is 364 g/mol. The lowest BCUT2D eigenvalue weighted by Crippen LogP contribution is -2.06. The summed E-state index contributed by atoms with van der Waals surface area (Å²) in [6.07, 6.45) is 0.140. The molecule has 0 radical (unpaired) electrons. The Morgan fingerprint density at radius 2 is 1.44 bits per heavy atom. The molecule has 3 aromatic rings. The van der Waals surface area contributed by atoms with Gasteiger partial charge in [-0.25, -0.2) is 4.79 Å². The summed E-state index contributed by atoms with van der Waals surface area (Å²) in [5, 5.41) is 0.920. The van der Waals surface area contributed by atoms with Crippen molar-refractivity contribution >= 4 is 28.5 Å². The molecule has 0 atom stereocenters. The molecule has 3 rings (SSSR count). The maximum Gasteiger partial charge on any atom is 0.337 e. The maximum atomic E-state index is 12.4. The summed E-state index contributed by atoms with van der Waals surface area (Å²) >= 11 is 0. The predicted octanol–water partition coefficient (Wildman–Crippen LogP) is 4.68. The van der Waals surface area contributed by atoms with Crippen LogP contribution in [0, 0.1) is 13.8 Å². The predicted molar refractivity (Wildman–Crippen MR) is 101 cm³/mol. The van der Waals surface area contributed by atoms with Crippen LogP contribution in [-0.4, -0.2) is 24.6 Å². The number of methoxy groups -OCH3 is 1. The van der Waals surface area contributed by atoms with Gasteiger partial charge >= 0.3 is 5.97 Å². The second-order valence-corrected chi connectivity index (χ2v) is 6.47. The van der Waals surface area contributed by atoms with Gasteiger partial charge in [0, 0.05) is 23.8 Å². The van der Waals surface area contributed by atoms with E-state index in [2.05, 4.69) is 4.74 Å². The molecule has 0 saturated carbocycles. The first kappa shape index (κ1) is 18.6. The highest BCUT2D eigenvalue weighted by Gasteiger charge is 2.17. The summed E-state index contributed by atoms with van der Waals surface area (Å²) < 4.78 is 10.3. The van der Waals surface area contributed by atoms with Crippen molar-refractivity contribution in [2.24, 2.45) is 0 Å². The van der Waals surface area contributed by atoms with Gasteiger partial charge in [-0.15, -0.1) is 0 Å². The number of furan rings is 1. The van der Waals surface area contributed by atoms with E-state index < -0.39 is 5.97 Å². The van der Waals surface area contributed by atoms with E-state index in [0.29, 0.717) is 16.7 Å². The van der Waals surface area contributed by atoms with Crippen LogP contribution in [0.25, 0.3) is 11.0 Å². The Bertz CT molecular complexity index is 986. The zero-order valence-electron chi connectivity index (χ0n) is 15.5. The molecule has 0 fully saturated rings. The number of esters is 1. The van der Waals surface area contributed by atoms with Crippen LogP contribution in [-0.2, 0) is 4.74 Å². The summed E-state index contributed by atoms with van der Waals surface area (Å²) in [7, 11) is 1.30. The van der Waals surface area contributed by atoms with Crippen LogP contribution in [0.4, 0.5) is 0 Å². The molecule has 2 aromatic carbocycles. The first-order chi connectivity index (χ1) is 12.9. The first-order valence-electron chi connectivity index (χ1n) is 8.65. The van der Waals surface area contributed by atoms with E-state index >= 15 is 0 Å². The van der Waals surface area contributed by atoms with Crippen LogP contribution in [0.5, 0.6) is 0 Å². The Kier molecular flexibility index (Phi) is 5.21. The third-order valence-corrected chi connectivity index (χ3v) is 4.58. The van der Waals surface area contributed by atoms with Crippen LogP contribution < -0.4 is 0 Å². The summed E-state index contributed by atoms with van der Waals surface area (Å²) in [5.74, 6) is -0.552. The molecule has 5 heteroatoms. The third kappa shape index (κ3) is 3.82. The number of hydrogen-bond donors (Lipinski definition) is 0. The standard InChI is InChI=1S/C22H20O5/c1-13-4-5-14(2)21-17(13)12-20(27-21)19(24)11-10-18(23)15-6-8-16(9-7-15)22(25)26-3/h4-9,12H,10-11H2,1-3H3. The molecule has 0 spiro atoms. The van der Waals surface area contributed by atoms with E-state index in [1.807, 2.05) is 26.0 Å². The van der Waals surface area contributed by atoms with Crippen LogP contribution in [0.3, 0.4) is 0 Å². The largest absolute Gasteiger partial charge is 0.465 e. The Morgan fingerprint density at radius 3 is 2.07 bits per heavy atom. The number of carbonyl (C=O) groups excluding carboxylic acids is 3. The molecule has 27 heavy (non-hydrogen) atoms. The number of rotatable bonds is 6. The van der Waals surface area contributed by atoms with E-state index in [-0.39, 0.29) is 30.2 Å². The van der Waals surface area contributed by atoms with Crippen molar-refractivity contribution in [2.45, 2.75) is 26.7 Å². The van der Waals surface area contributed by atoms with E-state index in [0.717, 1.165) is 16.5 Å². The lowest BCUT2D eigenvalue weighted by molar-refractivity contribution is 0.0600. The molecule has 0 amide bonds. The maximum absolute atomic E-state index is 12.4. The fourth-order valence-electron chi connectivity index (χ4n) is 2.93. The summed E-state index contributed by atoms with van der Waals surface area (Å²) in [6, 6.07) is 11.9. The van der Waals surface area contributed by atoms with E-state index in [1.165, 1.54) is 19.2 Å². The van der Waals surface area contributed by atoms with Gasteiger partial charge in [0.15, 0.2) is 17.3 Å². The first-order valence-corrected chi connectivity index (χ1v) is 8.65. The highest BCUT2D eigenvalue weighted by Crippen LogP contribution is 2.27. The average Bonchev–Trinajstić information content (AvgIpc) is 3.15. The molecule has 0 aliphatic rings. The quantitative estimate of drug-likeness (QED) is 0.469. The zero-order valence-corrected chi connectivity index (χ0v) is 15.5. The molecular formula is C22H20O5. The molecule has 0 unspecified atom stereocenters. The summed E-state index contributed by atoms with van der Waals surface area (Å²) in [6.45, 7) is 3.90. The minimum atomic E-state index is -0.459. The van der Waals surface area contributed by atoms with Gasteiger partial charge in [-0.1, -0.05) is 24.3 Å². The Labute approximate surface area is 156 Å². The Hall–Kier alpha value is -3.21. The molecule has 0 N–H and O–H groups in total. The fourth-order valence-corrected chi connectivity index (χ4v) is 2.93. The van der Waals surface area contributed by atoms with Crippen molar-refractivity contribution in [1.29, 1.82) is 0 Å². The second-order valence-electron chi connectivity index (χ2n) is 6.47. The number of hydrogen-bond acceptors (Lipinski definition) is 5. The van der Waals surface area contributed by atoms with Crippen LogP contribution in [0.2, 0.25) is 0 Å². The molecular weight excluding hydrogens is 344 g/mol. The van der Waals surface area contributed by atoms with Gasteiger partial charge in [-0.2, -0.15) is 0 Å². The smallest absolute Gasteiger partial charge is 0.337 e. The Morgan fingerprint density at radius 1 is 0.852 bits per heavy atom. The second kappa shape index (κ2) is 7.58. The monoisotopic (exact) mass is 364 g/mol. The van der Waals surface area contributed by atoms with Crippen molar-refractivity contribution in [1.82, 2.24) is 0 Å². The molecule has 138 valence electrons. The summed E-state index contributed by atoms with van der Waals surface area (Å²) in [5.41, 5.74) is 3.55. The van der Waals surface area contributed by atoms with Gasteiger partial charge < -0.3 is 9.15 Å². The van der Waals surface area contributed by atoms with Crippen LogP contribution in [0.15, 0.2) is 46.9 Å². The van der Waals surface area contributed by atoms with Gasteiger partial charge in [0.1, 0.15) is 5.58 Å². The van der Waals surface area contributed by atoms with Gasteiger partial charge in [0.25, 0.3) is 0 Å². The SMILES string of the molecule is COC(=O)c1ccc(C(=O)CCC(=O)c2cc3c(C)ccc(C)c3o2)cc1. The van der Waals surface area contributed by atoms with Crippen molar-refractivity contribution in [3.8, 4) is 0 Å². The lowest BCUT2D eigenvalue weighted by Gasteiger charge is -2.02. The number of carbonyl (C=O) groups is 3. The molecule has 1 heterocycles. The van der Waals surface area contributed by atoms with E-state index in [1.54, 1.807) is 18.2 Å². The zero-order chi connectivity index (χ0) is 19.6. The molecule has 0 aliphatic heterocycles. The van der Waals surface area contributed by atoms with E-state index in [4.69, 9.17) is 4.42 Å². The summed E-state index contributed by atoms with van der Waals surface area (Å²) in [4.78, 5) is 36.2. The molecule has 5 nitrogen and oxygen atoms in total. The normalized spacial score (nSPS) is 10.8. The molecule has 1 aromatic heterocycles. The van der Waals surface area contributed by atoms with Gasteiger partial charge in [-0.05, 0) is 43.2 Å². The van der Waals surface area contributed by atoms with Crippen molar-refractivity contribution < 1.29 is 23.5 Å². The van der Waals surface area contributed by atoms with Crippen LogP contribution in [0.1, 0.15) is 55.2 Å². The number of ketones is 2. The third-order valence-electron chi connectivity index (χ3n) is 4.58. The minimum absolute atomic E-state index is 0.0650. The van der Waals surface area contributed by atoms with Crippen molar-refractivity contribution in [3.63, 3.8) is 0 Å². The fraction of sp³-hybridized carbons (Fsp3) is 0.227. The lowest BCUT2D eigenvalue weighted by atomic mass is 10.0. The number of ether oxygens (including phenoxy) is 1. The van der Waals surface area contributed by atoms with Crippen molar-refractivity contribution in [2.75, 3.05) is 7.11 Å².